The number of carbonyl (C=O) groups excluding carboxylic acids is 2. The summed E-state index contributed by atoms with van der Waals surface area (Å²) in [4.78, 5) is 34.1. The molecule has 0 saturated carbocycles. The number of esters is 1. The Morgan fingerprint density at radius 2 is 2.04 bits per heavy atom. The molecule has 9 nitrogen and oxygen atoms in total. The average molecular weight is 429 g/mol. The Labute approximate surface area is 170 Å². The van der Waals surface area contributed by atoms with E-state index >= 15 is 0 Å². The van der Waals surface area contributed by atoms with E-state index in [1.165, 1.54) is 18.5 Å². The molecule has 2 aromatic rings. The number of halogens is 2. The largest absolute Gasteiger partial charge is 0.454 e. The number of aryl methyl sites for hydroxylation is 1. The Balaban J connectivity index is 1.77. The van der Waals surface area contributed by atoms with Gasteiger partial charge < -0.3 is 10.1 Å². The molecule has 11 heteroatoms. The van der Waals surface area contributed by atoms with Crippen molar-refractivity contribution in [2.24, 2.45) is 0 Å². The molecular formula is C17H18Cl2N4O5. The highest BCUT2D eigenvalue weighted by Crippen LogP contribution is 2.22. The maximum Gasteiger partial charge on any atom is 0.328 e. The number of ether oxygens (including phenoxy) is 1. The average Bonchev–Trinajstić information content (AvgIpc) is 2.88. The summed E-state index contributed by atoms with van der Waals surface area (Å²) in [5.74, 6) is -1.20. The van der Waals surface area contributed by atoms with Gasteiger partial charge in [-0.15, -0.1) is 0 Å². The smallest absolute Gasteiger partial charge is 0.328 e. The van der Waals surface area contributed by atoms with E-state index in [-0.39, 0.29) is 23.6 Å². The van der Waals surface area contributed by atoms with E-state index in [0.29, 0.717) is 23.0 Å². The Morgan fingerprint density at radius 1 is 1.32 bits per heavy atom. The van der Waals surface area contributed by atoms with Crippen molar-refractivity contribution < 1.29 is 19.2 Å². The third kappa shape index (κ3) is 5.67. The normalized spacial score (nSPS) is 10.6. The first-order chi connectivity index (χ1) is 13.2. The van der Waals surface area contributed by atoms with Crippen molar-refractivity contribution in [1.29, 1.82) is 0 Å². The molecule has 0 spiro atoms. The van der Waals surface area contributed by atoms with E-state index in [0.717, 1.165) is 5.56 Å². The number of nitrogens with one attached hydrogen (secondary N) is 1. The summed E-state index contributed by atoms with van der Waals surface area (Å²) in [6.07, 6.45) is 0.491. The van der Waals surface area contributed by atoms with Gasteiger partial charge in [0.1, 0.15) is 17.9 Å². The van der Waals surface area contributed by atoms with Crippen LogP contribution in [0.25, 0.3) is 0 Å². The lowest BCUT2D eigenvalue weighted by Crippen LogP contribution is -2.31. The number of rotatable bonds is 8. The summed E-state index contributed by atoms with van der Waals surface area (Å²) in [6.45, 7) is 2.48. The minimum absolute atomic E-state index is 0.147. The van der Waals surface area contributed by atoms with Crippen molar-refractivity contribution in [3.05, 3.63) is 55.3 Å². The summed E-state index contributed by atoms with van der Waals surface area (Å²) in [5.41, 5.74) is 1.12. The zero-order valence-electron chi connectivity index (χ0n) is 15.2. The second kappa shape index (κ2) is 9.52. The van der Waals surface area contributed by atoms with Crippen molar-refractivity contribution >= 4 is 40.8 Å². The highest BCUT2D eigenvalue weighted by molar-refractivity contribution is 6.35. The van der Waals surface area contributed by atoms with Gasteiger partial charge in [-0.2, -0.15) is 5.10 Å². The zero-order chi connectivity index (χ0) is 20.8. The minimum atomic E-state index is -0.726. The molecule has 0 aliphatic heterocycles. The molecule has 1 heterocycles. The molecule has 0 unspecified atom stereocenters. The lowest BCUT2D eigenvalue weighted by molar-refractivity contribution is -0.386. The van der Waals surface area contributed by atoms with E-state index in [2.05, 4.69) is 10.4 Å². The van der Waals surface area contributed by atoms with Crippen LogP contribution in [0.1, 0.15) is 17.0 Å². The van der Waals surface area contributed by atoms with Crippen LogP contribution in [0.4, 0.5) is 5.69 Å². The van der Waals surface area contributed by atoms with Gasteiger partial charge in [0.15, 0.2) is 6.61 Å². The van der Waals surface area contributed by atoms with Gasteiger partial charge in [-0.05, 0) is 38.0 Å². The van der Waals surface area contributed by atoms with Crippen LogP contribution in [0, 0.1) is 24.0 Å². The van der Waals surface area contributed by atoms with Gasteiger partial charge in [-0.3, -0.25) is 24.4 Å². The quantitative estimate of drug-likeness (QED) is 0.392. The van der Waals surface area contributed by atoms with E-state index < -0.39 is 23.4 Å². The second-order valence-electron chi connectivity index (χ2n) is 5.93. The maximum atomic E-state index is 11.9. The first-order valence-corrected chi connectivity index (χ1v) is 8.99. The summed E-state index contributed by atoms with van der Waals surface area (Å²) >= 11 is 11.9. The molecule has 2 rings (SSSR count). The molecule has 28 heavy (non-hydrogen) atoms. The summed E-state index contributed by atoms with van der Waals surface area (Å²) < 4.78 is 6.07. The first-order valence-electron chi connectivity index (χ1n) is 8.23. The summed E-state index contributed by atoms with van der Waals surface area (Å²) in [5, 5.41) is 18.6. The van der Waals surface area contributed by atoms with Gasteiger partial charge in [0.2, 0.25) is 0 Å². The van der Waals surface area contributed by atoms with Crippen LogP contribution < -0.4 is 5.32 Å². The Bertz CT molecular complexity index is 913. The van der Waals surface area contributed by atoms with Gasteiger partial charge in [-0.1, -0.05) is 29.3 Å². The lowest BCUT2D eigenvalue weighted by atomic mass is 10.1. The highest BCUT2D eigenvalue weighted by atomic mass is 35.5. The predicted molar refractivity (Wildman–Crippen MR) is 102 cm³/mol. The molecule has 1 aromatic carbocycles. The van der Waals surface area contributed by atoms with Crippen LogP contribution in [-0.2, 0) is 27.3 Å². The molecule has 1 aromatic heterocycles. The molecule has 1 N–H and O–H groups in total. The Kier molecular flexibility index (Phi) is 7.36. The van der Waals surface area contributed by atoms with Crippen LogP contribution >= 0.6 is 23.2 Å². The Morgan fingerprint density at radius 3 is 2.64 bits per heavy atom. The number of nitrogens with zero attached hydrogens (tertiary/aromatic N) is 3. The van der Waals surface area contributed by atoms with Gasteiger partial charge in [0, 0.05) is 16.6 Å². The lowest BCUT2D eigenvalue weighted by Gasteiger charge is -2.08. The second-order valence-corrected chi connectivity index (χ2v) is 6.77. The third-order valence-electron chi connectivity index (χ3n) is 3.90. The number of hydrogen-bond acceptors (Lipinski definition) is 6. The first kappa shape index (κ1) is 21.6. The van der Waals surface area contributed by atoms with Crippen molar-refractivity contribution in [2.75, 3.05) is 13.2 Å². The topological polar surface area (TPSA) is 116 Å². The van der Waals surface area contributed by atoms with Crippen LogP contribution in [0.3, 0.4) is 0 Å². The summed E-state index contributed by atoms with van der Waals surface area (Å²) in [6, 6.07) is 5.09. The molecule has 150 valence electrons. The molecule has 0 saturated heterocycles. The highest BCUT2D eigenvalue weighted by Gasteiger charge is 2.23. The molecular weight excluding hydrogens is 411 g/mol. The molecule has 0 radical (unpaired) electrons. The van der Waals surface area contributed by atoms with Crippen LogP contribution in [0.15, 0.2) is 18.2 Å². The maximum absolute atomic E-state index is 11.9. The molecule has 0 aliphatic rings. The number of aromatic nitrogens is 2. The minimum Gasteiger partial charge on any atom is -0.454 e. The standard InChI is InChI=1S/C17H18Cl2N4O5/c1-10-17(23(26)27)11(2)22(21-10)8-16(25)28-9-15(24)20-6-5-12-3-4-13(18)7-14(12)19/h3-4,7H,5-6,8-9H2,1-2H3,(H,20,24). The van der Waals surface area contributed by atoms with Crippen LogP contribution in [-0.4, -0.2) is 39.7 Å². The number of amides is 1. The van der Waals surface area contributed by atoms with Gasteiger partial charge in [0.25, 0.3) is 5.91 Å². The van der Waals surface area contributed by atoms with Gasteiger partial charge >= 0.3 is 11.7 Å². The van der Waals surface area contributed by atoms with E-state index in [4.69, 9.17) is 27.9 Å². The van der Waals surface area contributed by atoms with Crippen LogP contribution in [0.2, 0.25) is 10.0 Å². The third-order valence-corrected chi connectivity index (χ3v) is 4.49. The number of hydrogen-bond donors (Lipinski definition) is 1. The van der Waals surface area contributed by atoms with Crippen molar-refractivity contribution in [3.8, 4) is 0 Å². The van der Waals surface area contributed by atoms with Crippen molar-refractivity contribution in [2.45, 2.75) is 26.8 Å². The molecule has 0 aliphatic carbocycles. The van der Waals surface area contributed by atoms with Crippen molar-refractivity contribution in [3.63, 3.8) is 0 Å². The van der Waals surface area contributed by atoms with Gasteiger partial charge in [-0.25, -0.2) is 0 Å². The van der Waals surface area contributed by atoms with Crippen LogP contribution in [0.5, 0.6) is 0 Å². The van der Waals surface area contributed by atoms with E-state index in [1.807, 2.05) is 0 Å². The molecule has 1 amide bonds. The fourth-order valence-electron chi connectivity index (χ4n) is 2.53. The fraction of sp³-hybridized carbons (Fsp3) is 0.353. The molecule has 0 atom stereocenters. The number of benzene rings is 1. The number of carbonyl (C=O) groups is 2. The predicted octanol–water partition coefficient (Wildman–Crippen LogP) is 2.62. The van der Waals surface area contributed by atoms with E-state index in [9.17, 15) is 19.7 Å². The van der Waals surface area contributed by atoms with Crippen molar-refractivity contribution in [1.82, 2.24) is 15.1 Å². The molecule has 0 fully saturated rings. The van der Waals surface area contributed by atoms with E-state index in [1.54, 1.807) is 18.2 Å². The number of nitro groups is 1. The fourth-order valence-corrected chi connectivity index (χ4v) is 3.03. The zero-order valence-corrected chi connectivity index (χ0v) is 16.7. The van der Waals surface area contributed by atoms with Gasteiger partial charge in [0.05, 0.1) is 4.92 Å². The molecule has 0 bridgehead atoms. The monoisotopic (exact) mass is 428 g/mol. The Hall–Kier alpha value is -2.65. The SMILES string of the molecule is Cc1nn(CC(=O)OCC(=O)NCCc2ccc(Cl)cc2Cl)c(C)c1[N+](=O)[O-]. The summed E-state index contributed by atoms with van der Waals surface area (Å²) in [7, 11) is 0.